The fourth-order valence-corrected chi connectivity index (χ4v) is 3.31. The van der Waals surface area contributed by atoms with Crippen molar-refractivity contribution in [2.24, 2.45) is 0 Å². The summed E-state index contributed by atoms with van der Waals surface area (Å²) < 4.78 is 10.6. The fraction of sp³-hybridized carbons (Fsp3) is 0.500. The molecule has 5 nitrogen and oxygen atoms in total. The molecule has 0 radical (unpaired) electrons. The maximum atomic E-state index is 12.3. The minimum atomic E-state index is -0.739. The van der Waals surface area contributed by atoms with Gasteiger partial charge in [-0.3, -0.25) is 4.79 Å². The minimum absolute atomic E-state index is 0.238. The van der Waals surface area contributed by atoms with E-state index in [-0.39, 0.29) is 5.97 Å². The van der Waals surface area contributed by atoms with Crippen LogP contribution < -0.4 is 0 Å². The normalized spacial score (nSPS) is 17.2. The van der Waals surface area contributed by atoms with Gasteiger partial charge in [-0.1, -0.05) is 18.0 Å². The van der Waals surface area contributed by atoms with Gasteiger partial charge in [-0.05, 0) is 31.2 Å². The number of ether oxygens (including phenoxy) is 1. The van der Waals surface area contributed by atoms with Gasteiger partial charge in [0, 0.05) is 10.9 Å². The topological polar surface area (TPSA) is 65.2 Å². The Hall–Kier alpha value is -1.69. The third kappa shape index (κ3) is 2.14. The van der Waals surface area contributed by atoms with E-state index in [9.17, 15) is 4.79 Å². The molecular formula is C14H16N2O3S. The van der Waals surface area contributed by atoms with Crippen LogP contribution >= 0.6 is 11.3 Å². The van der Waals surface area contributed by atoms with Crippen molar-refractivity contribution >= 4 is 17.3 Å². The highest BCUT2D eigenvalue weighted by molar-refractivity contribution is 7.08. The van der Waals surface area contributed by atoms with Crippen molar-refractivity contribution in [3.8, 4) is 11.4 Å². The van der Waals surface area contributed by atoms with Gasteiger partial charge in [-0.25, -0.2) is 0 Å². The first-order valence-electron chi connectivity index (χ1n) is 6.80. The number of hydrogen-bond acceptors (Lipinski definition) is 6. The summed E-state index contributed by atoms with van der Waals surface area (Å²) in [7, 11) is 0. The average Bonchev–Trinajstić information content (AvgIpc) is 3.19. The van der Waals surface area contributed by atoms with Crippen LogP contribution in [0.5, 0.6) is 0 Å². The highest BCUT2D eigenvalue weighted by Gasteiger charge is 2.49. The monoisotopic (exact) mass is 292 g/mol. The van der Waals surface area contributed by atoms with Crippen LogP contribution in [-0.2, 0) is 14.9 Å². The predicted octanol–water partition coefficient (Wildman–Crippen LogP) is 3.17. The van der Waals surface area contributed by atoms with Crippen molar-refractivity contribution in [2.45, 2.75) is 38.0 Å². The molecule has 0 N–H and O–H groups in total. The molecule has 0 atom stereocenters. The van der Waals surface area contributed by atoms with Gasteiger partial charge in [-0.2, -0.15) is 16.3 Å². The third-order valence-corrected chi connectivity index (χ3v) is 4.42. The van der Waals surface area contributed by atoms with Gasteiger partial charge in [0.1, 0.15) is 5.41 Å². The van der Waals surface area contributed by atoms with Crippen molar-refractivity contribution in [1.29, 1.82) is 0 Å². The maximum Gasteiger partial charge on any atom is 0.321 e. The maximum absolute atomic E-state index is 12.3. The number of nitrogens with zero attached hydrogens (tertiary/aromatic N) is 2. The zero-order chi connectivity index (χ0) is 14.0. The molecule has 3 rings (SSSR count). The molecule has 1 aliphatic carbocycles. The number of rotatable bonds is 4. The first-order valence-corrected chi connectivity index (χ1v) is 7.74. The molecule has 6 heteroatoms. The zero-order valence-corrected chi connectivity index (χ0v) is 12.1. The van der Waals surface area contributed by atoms with E-state index in [2.05, 4.69) is 10.1 Å². The number of thiophene rings is 1. The molecule has 1 aliphatic rings. The number of carbonyl (C=O) groups is 1. The highest BCUT2D eigenvalue weighted by Crippen LogP contribution is 2.42. The number of esters is 1. The van der Waals surface area contributed by atoms with E-state index >= 15 is 0 Å². The van der Waals surface area contributed by atoms with E-state index in [0.29, 0.717) is 18.3 Å². The van der Waals surface area contributed by atoms with Gasteiger partial charge >= 0.3 is 5.97 Å². The van der Waals surface area contributed by atoms with Crippen LogP contribution in [0.15, 0.2) is 21.3 Å². The summed E-state index contributed by atoms with van der Waals surface area (Å²) in [5, 5.41) is 7.92. The molecule has 0 aliphatic heterocycles. The first kappa shape index (κ1) is 13.3. The molecule has 1 saturated carbocycles. The smallest absolute Gasteiger partial charge is 0.321 e. The van der Waals surface area contributed by atoms with Crippen molar-refractivity contribution in [1.82, 2.24) is 10.1 Å². The lowest BCUT2D eigenvalue weighted by atomic mass is 9.86. The molecule has 106 valence electrons. The second-order valence-corrected chi connectivity index (χ2v) is 5.72. The van der Waals surface area contributed by atoms with E-state index in [1.807, 2.05) is 23.8 Å². The Bertz CT molecular complexity index is 585. The van der Waals surface area contributed by atoms with E-state index in [4.69, 9.17) is 9.26 Å². The second kappa shape index (κ2) is 5.36. The molecule has 1 fully saturated rings. The molecule has 2 aromatic heterocycles. The summed E-state index contributed by atoms with van der Waals surface area (Å²) in [5.41, 5.74) is 0.180. The van der Waals surface area contributed by atoms with Gasteiger partial charge < -0.3 is 9.26 Å². The Kier molecular flexibility index (Phi) is 3.56. The Labute approximate surface area is 121 Å². The first-order chi connectivity index (χ1) is 9.76. The van der Waals surface area contributed by atoms with E-state index in [0.717, 1.165) is 31.2 Å². The summed E-state index contributed by atoms with van der Waals surface area (Å²) in [4.78, 5) is 16.8. The van der Waals surface area contributed by atoms with Gasteiger partial charge in [0.15, 0.2) is 0 Å². The van der Waals surface area contributed by atoms with Crippen LogP contribution in [0.2, 0.25) is 0 Å². The summed E-state index contributed by atoms with van der Waals surface area (Å²) in [6, 6.07) is 1.94. The van der Waals surface area contributed by atoms with E-state index < -0.39 is 5.41 Å². The summed E-state index contributed by atoms with van der Waals surface area (Å²) in [6.45, 7) is 2.18. The molecule has 0 saturated heterocycles. The average molecular weight is 292 g/mol. The second-order valence-electron chi connectivity index (χ2n) is 4.94. The lowest BCUT2D eigenvalue weighted by molar-refractivity contribution is -0.151. The van der Waals surface area contributed by atoms with Gasteiger partial charge in [0.2, 0.25) is 11.7 Å². The Balaban J connectivity index is 1.94. The quantitative estimate of drug-likeness (QED) is 0.810. The lowest BCUT2D eigenvalue weighted by Crippen LogP contribution is -2.35. The van der Waals surface area contributed by atoms with Crippen LogP contribution in [0.4, 0.5) is 0 Å². The highest BCUT2D eigenvalue weighted by atomic mass is 32.1. The standard InChI is InChI=1S/C14H16N2O3S/c1-2-18-13(17)14(6-3-4-7-14)12-15-11(16-19-12)10-5-8-20-9-10/h5,8-9H,2-4,6-7H2,1H3. The summed E-state index contributed by atoms with van der Waals surface area (Å²) in [6.07, 6.45) is 3.40. The predicted molar refractivity (Wildman–Crippen MR) is 74.4 cm³/mol. The van der Waals surface area contributed by atoms with Crippen molar-refractivity contribution in [2.75, 3.05) is 6.61 Å². The van der Waals surface area contributed by atoms with Gasteiger partial charge in [0.05, 0.1) is 6.61 Å². The van der Waals surface area contributed by atoms with Crippen LogP contribution in [0.3, 0.4) is 0 Å². The van der Waals surface area contributed by atoms with Crippen molar-refractivity contribution in [3.05, 3.63) is 22.7 Å². The van der Waals surface area contributed by atoms with E-state index in [1.54, 1.807) is 11.3 Å². The van der Waals surface area contributed by atoms with Crippen LogP contribution in [0.25, 0.3) is 11.4 Å². The zero-order valence-electron chi connectivity index (χ0n) is 11.3. The molecule has 0 aromatic carbocycles. The third-order valence-electron chi connectivity index (χ3n) is 3.74. The number of aromatic nitrogens is 2. The van der Waals surface area contributed by atoms with Gasteiger partial charge in [0.25, 0.3) is 0 Å². The number of carbonyl (C=O) groups excluding carboxylic acids is 1. The Morgan fingerprint density at radius 3 is 2.95 bits per heavy atom. The van der Waals surface area contributed by atoms with Crippen LogP contribution in [-0.4, -0.2) is 22.7 Å². The fourth-order valence-electron chi connectivity index (χ4n) is 2.68. The molecule has 0 unspecified atom stereocenters. The number of hydrogen-bond donors (Lipinski definition) is 0. The van der Waals surface area contributed by atoms with Crippen molar-refractivity contribution in [3.63, 3.8) is 0 Å². The Morgan fingerprint density at radius 2 is 2.30 bits per heavy atom. The molecule has 0 bridgehead atoms. The van der Waals surface area contributed by atoms with Crippen molar-refractivity contribution < 1.29 is 14.1 Å². The molecule has 20 heavy (non-hydrogen) atoms. The van der Waals surface area contributed by atoms with E-state index in [1.165, 1.54) is 0 Å². The minimum Gasteiger partial charge on any atom is -0.465 e. The molecule has 0 spiro atoms. The largest absolute Gasteiger partial charge is 0.465 e. The molecule has 0 amide bonds. The Morgan fingerprint density at radius 1 is 1.50 bits per heavy atom. The van der Waals surface area contributed by atoms with Crippen LogP contribution in [0, 0.1) is 0 Å². The molecular weight excluding hydrogens is 276 g/mol. The van der Waals surface area contributed by atoms with Crippen LogP contribution in [0.1, 0.15) is 38.5 Å². The molecule has 2 heterocycles. The lowest BCUT2D eigenvalue weighted by Gasteiger charge is -2.21. The molecule has 2 aromatic rings. The van der Waals surface area contributed by atoms with Gasteiger partial charge in [-0.15, -0.1) is 0 Å². The summed E-state index contributed by atoms with van der Waals surface area (Å²) >= 11 is 1.58. The SMILES string of the molecule is CCOC(=O)C1(c2nc(-c3ccsc3)no2)CCCC1. The summed E-state index contributed by atoms with van der Waals surface area (Å²) in [5.74, 6) is 0.699.